The van der Waals surface area contributed by atoms with Crippen molar-refractivity contribution < 1.29 is 4.74 Å². The molecule has 0 fully saturated rings. The van der Waals surface area contributed by atoms with E-state index in [0.29, 0.717) is 0 Å². The summed E-state index contributed by atoms with van der Waals surface area (Å²) < 4.78 is 7.19. The van der Waals surface area contributed by atoms with Gasteiger partial charge in [-0.15, -0.1) is 0 Å². The molecule has 4 heteroatoms. The van der Waals surface area contributed by atoms with Gasteiger partial charge in [-0.25, -0.2) is 4.98 Å². The number of imidazole rings is 1. The zero-order chi connectivity index (χ0) is 12.3. The second-order valence-corrected chi connectivity index (χ2v) is 4.08. The van der Waals surface area contributed by atoms with Gasteiger partial charge in [0.2, 0.25) is 0 Å². The smallest absolute Gasteiger partial charge is 0.118 e. The first kappa shape index (κ1) is 11.7. The number of ether oxygens (including phenoxy) is 1. The van der Waals surface area contributed by atoms with Gasteiger partial charge < -0.3 is 15.0 Å². The third kappa shape index (κ3) is 2.65. The topological polar surface area (TPSA) is 53.1 Å². The summed E-state index contributed by atoms with van der Waals surface area (Å²) in [4.78, 5) is 4.13. The zero-order valence-electron chi connectivity index (χ0n) is 10.1. The molecule has 0 unspecified atom stereocenters. The molecule has 1 heterocycles. The average Bonchev–Trinajstić information content (AvgIpc) is 2.78. The third-order valence-corrected chi connectivity index (χ3v) is 2.72. The maximum Gasteiger partial charge on any atom is 0.118 e. The minimum atomic E-state index is -0.00394. The van der Waals surface area contributed by atoms with Crippen LogP contribution in [0.25, 0.3) is 0 Å². The lowest BCUT2D eigenvalue weighted by Gasteiger charge is -2.11. The molecule has 90 valence electrons. The molecule has 0 aliphatic rings. The number of nitrogens with two attached hydrogens (primary N) is 1. The standard InChI is InChI=1S/C13H17N3O/c1-10(14)13-7-15-9-16(13)8-11-3-5-12(17-2)6-4-11/h3-7,9-10H,8,14H2,1-2H3/t10-/m1/s1. The first-order valence-corrected chi connectivity index (χ1v) is 5.59. The van der Waals surface area contributed by atoms with Crippen molar-refractivity contribution in [2.24, 2.45) is 5.73 Å². The number of hydrogen-bond donors (Lipinski definition) is 1. The van der Waals surface area contributed by atoms with Crippen LogP contribution >= 0.6 is 0 Å². The lowest BCUT2D eigenvalue weighted by atomic mass is 10.2. The van der Waals surface area contributed by atoms with Crippen molar-refractivity contribution in [1.82, 2.24) is 9.55 Å². The highest BCUT2D eigenvalue weighted by Gasteiger charge is 2.06. The highest BCUT2D eigenvalue weighted by Crippen LogP contribution is 2.15. The third-order valence-electron chi connectivity index (χ3n) is 2.72. The maximum atomic E-state index is 5.88. The van der Waals surface area contributed by atoms with Crippen LogP contribution in [0.1, 0.15) is 24.2 Å². The molecule has 0 aliphatic heterocycles. The molecule has 2 N–H and O–H groups in total. The number of rotatable bonds is 4. The van der Waals surface area contributed by atoms with E-state index in [1.165, 1.54) is 5.56 Å². The minimum Gasteiger partial charge on any atom is -0.497 e. The van der Waals surface area contributed by atoms with Crippen molar-refractivity contribution in [2.45, 2.75) is 19.5 Å². The molecule has 17 heavy (non-hydrogen) atoms. The Balaban J connectivity index is 2.16. The Morgan fingerprint density at radius 2 is 2.06 bits per heavy atom. The van der Waals surface area contributed by atoms with Crippen LogP contribution in [-0.4, -0.2) is 16.7 Å². The number of benzene rings is 1. The van der Waals surface area contributed by atoms with Gasteiger partial charge in [0.05, 0.1) is 19.1 Å². The van der Waals surface area contributed by atoms with Gasteiger partial charge in [-0.2, -0.15) is 0 Å². The molecular formula is C13H17N3O. The summed E-state index contributed by atoms with van der Waals surface area (Å²) in [6.07, 6.45) is 3.62. The molecule has 2 aromatic rings. The van der Waals surface area contributed by atoms with Crippen molar-refractivity contribution in [2.75, 3.05) is 7.11 Å². The van der Waals surface area contributed by atoms with Crippen molar-refractivity contribution >= 4 is 0 Å². The Morgan fingerprint density at radius 3 is 2.65 bits per heavy atom. The van der Waals surface area contributed by atoms with Crippen LogP contribution in [0.3, 0.4) is 0 Å². The molecule has 0 amide bonds. The summed E-state index contributed by atoms with van der Waals surface area (Å²) >= 11 is 0. The van der Waals surface area contributed by atoms with E-state index in [2.05, 4.69) is 9.55 Å². The van der Waals surface area contributed by atoms with Gasteiger partial charge in [-0.3, -0.25) is 0 Å². The van der Waals surface area contributed by atoms with Crippen LogP contribution in [0, 0.1) is 0 Å². The summed E-state index contributed by atoms with van der Waals surface area (Å²) in [5.74, 6) is 0.867. The quantitative estimate of drug-likeness (QED) is 0.875. The molecule has 0 spiro atoms. The fraction of sp³-hybridized carbons (Fsp3) is 0.308. The second kappa shape index (κ2) is 5.01. The fourth-order valence-electron chi connectivity index (χ4n) is 1.77. The summed E-state index contributed by atoms with van der Waals surface area (Å²) in [6.45, 7) is 2.74. The summed E-state index contributed by atoms with van der Waals surface area (Å²) in [6, 6.07) is 8.00. The van der Waals surface area contributed by atoms with E-state index >= 15 is 0 Å². The largest absolute Gasteiger partial charge is 0.497 e. The fourth-order valence-corrected chi connectivity index (χ4v) is 1.77. The van der Waals surface area contributed by atoms with Crippen molar-refractivity contribution in [3.63, 3.8) is 0 Å². The van der Waals surface area contributed by atoms with Gasteiger partial charge in [0, 0.05) is 18.8 Å². The van der Waals surface area contributed by atoms with E-state index in [9.17, 15) is 0 Å². The van der Waals surface area contributed by atoms with E-state index in [0.717, 1.165) is 18.0 Å². The van der Waals surface area contributed by atoms with Crippen LogP contribution in [0.2, 0.25) is 0 Å². The van der Waals surface area contributed by atoms with Gasteiger partial charge in [0.15, 0.2) is 0 Å². The van der Waals surface area contributed by atoms with Crippen molar-refractivity contribution in [3.8, 4) is 5.75 Å². The number of hydrogen-bond acceptors (Lipinski definition) is 3. The van der Waals surface area contributed by atoms with Gasteiger partial charge in [-0.05, 0) is 24.6 Å². The zero-order valence-corrected chi connectivity index (χ0v) is 10.1. The highest BCUT2D eigenvalue weighted by molar-refractivity contribution is 5.27. The summed E-state index contributed by atoms with van der Waals surface area (Å²) in [7, 11) is 1.67. The normalized spacial score (nSPS) is 12.4. The first-order chi connectivity index (χ1) is 8.20. The average molecular weight is 231 g/mol. The predicted octanol–water partition coefficient (Wildman–Crippen LogP) is 1.96. The molecule has 0 bridgehead atoms. The Bertz CT molecular complexity index is 474. The number of aromatic nitrogens is 2. The van der Waals surface area contributed by atoms with Gasteiger partial charge in [0.1, 0.15) is 5.75 Å². The molecule has 0 saturated heterocycles. The molecule has 0 radical (unpaired) electrons. The van der Waals surface area contributed by atoms with Crippen LogP contribution in [0.4, 0.5) is 0 Å². The lowest BCUT2D eigenvalue weighted by molar-refractivity contribution is 0.414. The van der Waals surface area contributed by atoms with E-state index in [4.69, 9.17) is 10.5 Å². The monoisotopic (exact) mass is 231 g/mol. The SMILES string of the molecule is COc1ccc(Cn2cncc2[C@@H](C)N)cc1. The van der Waals surface area contributed by atoms with E-state index in [1.807, 2.05) is 43.7 Å². The van der Waals surface area contributed by atoms with Crippen LogP contribution in [0.5, 0.6) is 5.75 Å². The van der Waals surface area contributed by atoms with E-state index < -0.39 is 0 Å². The first-order valence-electron chi connectivity index (χ1n) is 5.59. The van der Waals surface area contributed by atoms with Crippen molar-refractivity contribution in [1.29, 1.82) is 0 Å². The lowest BCUT2D eigenvalue weighted by Crippen LogP contribution is -2.12. The van der Waals surface area contributed by atoms with Gasteiger partial charge >= 0.3 is 0 Å². The van der Waals surface area contributed by atoms with Crippen LogP contribution < -0.4 is 10.5 Å². The van der Waals surface area contributed by atoms with E-state index in [1.54, 1.807) is 7.11 Å². The Morgan fingerprint density at radius 1 is 1.35 bits per heavy atom. The van der Waals surface area contributed by atoms with E-state index in [-0.39, 0.29) is 6.04 Å². The predicted molar refractivity (Wildman–Crippen MR) is 66.9 cm³/mol. The molecule has 0 aliphatic carbocycles. The Hall–Kier alpha value is -1.81. The Kier molecular flexibility index (Phi) is 3.44. The minimum absolute atomic E-state index is 0.00394. The van der Waals surface area contributed by atoms with Gasteiger partial charge in [0.25, 0.3) is 0 Å². The molecule has 1 aromatic carbocycles. The summed E-state index contributed by atoms with van der Waals surface area (Å²) in [5.41, 5.74) is 8.12. The van der Waals surface area contributed by atoms with Crippen molar-refractivity contribution in [3.05, 3.63) is 48.0 Å². The molecule has 1 aromatic heterocycles. The molecule has 4 nitrogen and oxygen atoms in total. The van der Waals surface area contributed by atoms with Gasteiger partial charge in [-0.1, -0.05) is 12.1 Å². The number of methoxy groups -OCH3 is 1. The van der Waals surface area contributed by atoms with Crippen LogP contribution in [0.15, 0.2) is 36.8 Å². The second-order valence-electron chi connectivity index (χ2n) is 4.08. The molecule has 1 atom stereocenters. The van der Waals surface area contributed by atoms with Crippen LogP contribution in [-0.2, 0) is 6.54 Å². The Labute approximate surface area is 101 Å². The number of nitrogens with zero attached hydrogens (tertiary/aromatic N) is 2. The molecular weight excluding hydrogens is 214 g/mol. The summed E-state index contributed by atoms with van der Waals surface area (Å²) in [5, 5.41) is 0. The molecule has 0 saturated carbocycles. The molecule has 2 rings (SSSR count). The highest BCUT2D eigenvalue weighted by atomic mass is 16.5. The maximum absolute atomic E-state index is 5.88.